The van der Waals surface area contributed by atoms with Gasteiger partial charge >= 0.3 is 0 Å². The number of hydrogen-bond donors (Lipinski definition) is 1. The molecule has 2 rings (SSSR count). The van der Waals surface area contributed by atoms with Crippen LogP contribution in [0.5, 0.6) is 0 Å². The van der Waals surface area contributed by atoms with Crippen molar-refractivity contribution in [3.63, 3.8) is 0 Å². The van der Waals surface area contributed by atoms with Crippen LogP contribution >= 0.6 is 11.3 Å². The van der Waals surface area contributed by atoms with Crippen LogP contribution in [0.1, 0.15) is 0 Å². The van der Waals surface area contributed by atoms with E-state index in [4.69, 9.17) is 4.74 Å². The van der Waals surface area contributed by atoms with Gasteiger partial charge in [-0.3, -0.25) is 4.79 Å². The maximum absolute atomic E-state index is 11.4. The van der Waals surface area contributed by atoms with Gasteiger partial charge in [0.1, 0.15) is 6.61 Å². The predicted molar refractivity (Wildman–Crippen MR) is 56.5 cm³/mol. The highest BCUT2D eigenvalue weighted by atomic mass is 32.1. The summed E-state index contributed by atoms with van der Waals surface area (Å²) in [5.74, 6) is -0.222. The second kappa shape index (κ2) is 4.69. The summed E-state index contributed by atoms with van der Waals surface area (Å²) in [6.45, 7) is 1.74. The summed E-state index contributed by atoms with van der Waals surface area (Å²) >= 11 is 1.44. The average Bonchev–Trinajstić information content (AvgIpc) is 2.49. The molecule has 0 atom stereocenters. The third-order valence-electron chi connectivity index (χ3n) is 2.17. The Labute approximate surface area is 91.4 Å². The topological polar surface area (TPSA) is 55.6 Å². The van der Waals surface area contributed by atoms with Gasteiger partial charge in [0.05, 0.1) is 6.10 Å². The van der Waals surface area contributed by atoms with Gasteiger partial charge in [-0.1, -0.05) is 0 Å². The number of thiazole rings is 1. The molecule has 1 aliphatic heterocycles. The highest BCUT2D eigenvalue weighted by Gasteiger charge is 2.17. The third kappa shape index (κ3) is 2.74. The Bertz CT molecular complexity index is 405. The Morgan fingerprint density at radius 1 is 1.80 bits per heavy atom. The molecule has 1 aliphatic rings. The predicted octanol–water partition coefficient (Wildman–Crippen LogP) is -0.498. The largest absolute Gasteiger partial charge is 0.366 e. The number of rotatable bonds is 3. The van der Waals surface area contributed by atoms with E-state index in [9.17, 15) is 4.79 Å². The molecule has 1 N–H and O–H groups in total. The highest BCUT2D eigenvalue weighted by molar-refractivity contribution is 7.07. The van der Waals surface area contributed by atoms with E-state index in [0.29, 0.717) is 4.80 Å². The lowest BCUT2D eigenvalue weighted by molar-refractivity contribution is -0.125. The quantitative estimate of drug-likeness (QED) is 0.757. The number of ether oxygens (including phenoxy) is 1. The summed E-state index contributed by atoms with van der Waals surface area (Å²) < 4.78 is 7.13. The molecule has 0 unspecified atom stereocenters. The van der Waals surface area contributed by atoms with Crippen LogP contribution in [0.2, 0.25) is 0 Å². The molecule has 2 heterocycles. The van der Waals surface area contributed by atoms with E-state index in [1.54, 1.807) is 0 Å². The molecule has 1 fully saturated rings. The van der Waals surface area contributed by atoms with E-state index in [1.165, 1.54) is 11.3 Å². The number of carbonyl (C=O) groups is 1. The molecule has 5 nitrogen and oxygen atoms in total. The van der Waals surface area contributed by atoms with Gasteiger partial charge in [0.25, 0.3) is 5.91 Å². The summed E-state index contributed by atoms with van der Waals surface area (Å²) in [4.78, 5) is 16.0. The van der Waals surface area contributed by atoms with Crippen molar-refractivity contribution in [3.05, 3.63) is 16.4 Å². The summed E-state index contributed by atoms with van der Waals surface area (Å²) in [6.07, 6.45) is 2.05. The van der Waals surface area contributed by atoms with Gasteiger partial charge in [-0.25, -0.2) is 0 Å². The minimum absolute atomic E-state index is 0.0737. The second-order valence-corrected chi connectivity index (χ2v) is 4.27. The van der Waals surface area contributed by atoms with Crippen LogP contribution in [-0.4, -0.2) is 36.3 Å². The zero-order valence-electron chi connectivity index (χ0n) is 8.47. The number of carbonyl (C=O) groups excluding carboxylic acids is 1. The van der Waals surface area contributed by atoms with Gasteiger partial charge in [0.2, 0.25) is 0 Å². The van der Waals surface area contributed by atoms with Crippen molar-refractivity contribution in [3.8, 4) is 0 Å². The summed E-state index contributed by atoms with van der Waals surface area (Å²) in [5.41, 5.74) is 0. The molecule has 82 valence electrons. The normalized spacial score (nSPS) is 17.8. The number of aryl methyl sites for hydroxylation is 1. The van der Waals surface area contributed by atoms with E-state index >= 15 is 0 Å². The molecular formula is C9H13N3O2S. The molecule has 0 spiro atoms. The van der Waals surface area contributed by atoms with E-state index in [0.717, 1.165) is 13.1 Å². The van der Waals surface area contributed by atoms with Crippen LogP contribution in [0.15, 0.2) is 16.6 Å². The zero-order chi connectivity index (χ0) is 10.7. The van der Waals surface area contributed by atoms with Crippen molar-refractivity contribution < 1.29 is 9.53 Å². The van der Waals surface area contributed by atoms with Gasteiger partial charge < -0.3 is 14.6 Å². The molecule has 0 bridgehead atoms. The fourth-order valence-corrected chi connectivity index (χ4v) is 1.89. The molecule has 0 aliphatic carbocycles. The second-order valence-electron chi connectivity index (χ2n) is 3.39. The van der Waals surface area contributed by atoms with E-state index in [2.05, 4.69) is 10.3 Å². The Morgan fingerprint density at radius 2 is 2.60 bits per heavy atom. The third-order valence-corrected chi connectivity index (χ3v) is 3.01. The SMILES string of the molecule is Cn1ccsc1=NC(=O)COC1CNC1. The standard InChI is InChI=1S/C9H13N3O2S/c1-12-2-3-15-9(12)11-8(13)6-14-7-4-10-5-7/h2-3,7,10H,4-6H2,1H3. The van der Waals surface area contributed by atoms with Gasteiger partial charge in [-0.05, 0) is 0 Å². The summed E-state index contributed by atoms with van der Waals surface area (Å²) in [5, 5.41) is 4.96. The number of nitrogens with zero attached hydrogens (tertiary/aromatic N) is 2. The smallest absolute Gasteiger partial charge is 0.274 e. The fourth-order valence-electron chi connectivity index (χ4n) is 1.14. The first-order valence-corrected chi connectivity index (χ1v) is 5.63. The minimum atomic E-state index is -0.222. The van der Waals surface area contributed by atoms with Crippen molar-refractivity contribution in [2.24, 2.45) is 12.0 Å². The van der Waals surface area contributed by atoms with Gasteiger partial charge in [-0.15, -0.1) is 11.3 Å². The Balaban J connectivity index is 1.88. The molecule has 1 amide bonds. The first kappa shape index (κ1) is 10.5. The Kier molecular flexibility index (Phi) is 3.30. The highest BCUT2D eigenvalue weighted by Crippen LogP contribution is 1.97. The lowest BCUT2D eigenvalue weighted by Gasteiger charge is -2.26. The summed E-state index contributed by atoms with van der Waals surface area (Å²) in [6, 6.07) is 0. The van der Waals surface area contributed by atoms with Crippen molar-refractivity contribution in [1.82, 2.24) is 9.88 Å². The molecule has 15 heavy (non-hydrogen) atoms. The Hall–Kier alpha value is -0.980. The molecule has 0 saturated carbocycles. The van der Waals surface area contributed by atoms with Gasteiger partial charge in [0, 0.05) is 31.7 Å². The number of aromatic nitrogens is 1. The monoisotopic (exact) mass is 227 g/mol. The first-order valence-electron chi connectivity index (χ1n) is 4.76. The van der Waals surface area contributed by atoms with Crippen molar-refractivity contribution in [2.45, 2.75) is 6.10 Å². The van der Waals surface area contributed by atoms with Crippen LogP contribution in [-0.2, 0) is 16.6 Å². The molecule has 0 aromatic carbocycles. The van der Waals surface area contributed by atoms with Gasteiger partial charge in [-0.2, -0.15) is 4.99 Å². The zero-order valence-corrected chi connectivity index (χ0v) is 9.29. The lowest BCUT2D eigenvalue weighted by atomic mass is 10.2. The van der Waals surface area contributed by atoms with Crippen LogP contribution in [0, 0.1) is 0 Å². The van der Waals surface area contributed by atoms with E-state index in [-0.39, 0.29) is 18.6 Å². The van der Waals surface area contributed by atoms with Crippen LogP contribution in [0.4, 0.5) is 0 Å². The van der Waals surface area contributed by atoms with Crippen molar-refractivity contribution in [1.29, 1.82) is 0 Å². The number of amides is 1. The molecule has 6 heteroatoms. The van der Waals surface area contributed by atoms with E-state index in [1.807, 2.05) is 23.2 Å². The van der Waals surface area contributed by atoms with E-state index < -0.39 is 0 Å². The molecular weight excluding hydrogens is 214 g/mol. The van der Waals surface area contributed by atoms with Crippen molar-refractivity contribution >= 4 is 17.2 Å². The van der Waals surface area contributed by atoms with Crippen LogP contribution in [0.25, 0.3) is 0 Å². The maximum atomic E-state index is 11.4. The molecule has 1 aromatic rings. The average molecular weight is 227 g/mol. The van der Waals surface area contributed by atoms with Gasteiger partial charge in [0.15, 0.2) is 4.80 Å². The maximum Gasteiger partial charge on any atom is 0.274 e. The van der Waals surface area contributed by atoms with Crippen LogP contribution in [0.3, 0.4) is 0 Å². The number of hydrogen-bond acceptors (Lipinski definition) is 4. The summed E-state index contributed by atoms with van der Waals surface area (Å²) in [7, 11) is 1.86. The number of nitrogens with one attached hydrogen (secondary N) is 1. The molecule has 1 saturated heterocycles. The van der Waals surface area contributed by atoms with Crippen LogP contribution < -0.4 is 10.1 Å². The van der Waals surface area contributed by atoms with Crippen molar-refractivity contribution in [2.75, 3.05) is 19.7 Å². The minimum Gasteiger partial charge on any atom is -0.366 e. The first-order chi connectivity index (χ1) is 7.25. The molecule has 1 aromatic heterocycles. The lowest BCUT2D eigenvalue weighted by Crippen LogP contribution is -2.49. The molecule has 0 radical (unpaired) electrons. The Morgan fingerprint density at radius 3 is 3.13 bits per heavy atom. The fraction of sp³-hybridized carbons (Fsp3) is 0.556.